The van der Waals surface area contributed by atoms with Crippen molar-refractivity contribution in [2.45, 2.75) is 13.1 Å². The van der Waals surface area contributed by atoms with E-state index in [0.29, 0.717) is 11.6 Å². The molecule has 0 radical (unpaired) electrons. The Morgan fingerprint density at radius 3 is 2.53 bits per heavy atom. The van der Waals surface area contributed by atoms with E-state index in [1.165, 1.54) is 10.8 Å². The van der Waals surface area contributed by atoms with Gasteiger partial charge in [-0.15, -0.1) is 0 Å². The molecule has 32 heavy (non-hydrogen) atoms. The maximum atomic E-state index is 12.5. The van der Waals surface area contributed by atoms with Crippen molar-refractivity contribution in [3.05, 3.63) is 93.0 Å². The van der Waals surface area contributed by atoms with Crippen molar-refractivity contribution in [3.63, 3.8) is 0 Å². The van der Waals surface area contributed by atoms with Gasteiger partial charge in [0.25, 0.3) is 5.56 Å². The van der Waals surface area contributed by atoms with Gasteiger partial charge in [-0.2, -0.15) is 0 Å². The highest BCUT2D eigenvalue weighted by atomic mass is 16.5. The van der Waals surface area contributed by atoms with Crippen molar-refractivity contribution in [2.24, 2.45) is 0 Å². The highest BCUT2D eigenvalue weighted by Gasteiger charge is 2.18. The minimum Gasteiger partial charge on any atom is -0.497 e. The minimum absolute atomic E-state index is 0.0870. The summed E-state index contributed by atoms with van der Waals surface area (Å²) in [5.74, 6) is 1.27. The number of rotatable bonds is 7. The Morgan fingerprint density at radius 2 is 1.84 bits per heavy atom. The fourth-order valence-electron chi connectivity index (χ4n) is 3.44. The van der Waals surface area contributed by atoms with Gasteiger partial charge in [0.1, 0.15) is 23.5 Å². The van der Waals surface area contributed by atoms with E-state index in [1.807, 2.05) is 54.6 Å². The lowest BCUT2D eigenvalue weighted by atomic mass is 10.2. The van der Waals surface area contributed by atoms with Crippen molar-refractivity contribution in [2.75, 3.05) is 24.8 Å². The number of H-pyrrole nitrogens is 1. The van der Waals surface area contributed by atoms with E-state index in [4.69, 9.17) is 14.9 Å². The Labute approximate surface area is 183 Å². The van der Waals surface area contributed by atoms with Gasteiger partial charge in [-0.25, -0.2) is 9.78 Å². The van der Waals surface area contributed by atoms with E-state index >= 15 is 0 Å². The second-order valence-electron chi connectivity index (χ2n) is 7.29. The number of aromatic amines is 1. The highest BCUT2D eigenvalue weighted by molar-refractivity contribution is 5.62. The Bertz CT molecular complexity index is 1320. The lowest BCUT2D eigenvalue weighted by Gasteiger charge is -2.21. The number of methoxy groups -OCH3 is 1. The second kappa shape index (κ2) is 8.84. The molecule has 0 aliphatic heterocycles. The zero-order valence-corrected chi connectivity index (χ0v) is 17.7. The zero-order chi connectivity index (χ0) is 22.7. The summed E-state index contributed by atoms with van der Waals surface area (Å²) in [6.45, 7) is 0.505. The van der Waals surface area contributed by atoms with E-state index < -0.39 is 11.2 Å². The summed E-state index contributed by atoms with van der Waals surface area (Å²) in [6.07, 6.45) is 1.53. The van der Waals surface area contributed by atoms with E-state index in [9.17, 15) is 9.59 Å². The van der Waals surface area contributed by atoms with Gasteiger partial charge in [0.05, 0.1) is 25.9 Å². The van der Waals surface area contributed by atoms with Gasteiger partial charge in [0.2, 0.25) is 5.89 Å². The smallest absolute Gasteiger partial charge is 0.330 e. The van der Waals surface area contributed by atoms with Gasteiger partial charge in [0, 0.05) is 12.6 Å². The van der Waals surface area contributed by atoms with E-state index in [2.05, 4.69) is 9.97 Å². The predicted octanol–water partition coefficient (Wildman–Crippen LogP) is 2.47. The first-order valence-electron chi connectivity index (χ1n) is 9.92. The molecule has 2 aromatic heterocycles. The van der Waals surface area contributed by atoms with Crippen LogP contribution in [-0.4, -0.2) is 28.7 Å². The van der Waals surface area contributed by atoms with Crippen molar-refractivity contribution in [1.82, 2.24) is 14.5 Å². The van der Waals surface area contributed by atoms with Gasteiger partial charge in [-0.3, -0.25) is 14.3 Å². The molecule has 0 fully saturated rings. The fraction of sp³-hybridized carbons (Fsp3) is 0.174. The molecule has 0 atom stereocenters. The summed E-state index contributed by atoms with van der Waals surface area (Å²) < 4.78 is 12.1. The van der Waals surface area contributed by atoms with Gasteiger partial charge >= 0.3 is 5.69 Å². The van der Waals surface area contributed by atoms with Crippen molar-refractivity contribution in [3.8, 4) is 17.2 Å². The number of ether oxygens (including phenoxy) is 1. The topological polar surface area (TPSA) is 119 Å². The third-order valence-corrected chi connectivity index (χ3v) is 5.07. The molecule has 9 nitrogen and oxygen atoms in total. The molecule has 2 aromatic carbocycles. The maximum Gasteiger partial charge on any atom is 0.330 e. The molecule has 4 aromatic rings. The molecule has 0 unspecified atom stereocenters. The SMILES string of the molecule is COc1ccc(-c2nc(CN(C)c3c(N)n(Cc4ccccc4)c(=O)[nH]c3=O)co2)cc1. The second-order valence-corrected chi connectivity index (χ2v) is 7.29. The number of nitrogens with zero attached hydrogens (tertiary/aromatic N) is 3. The number of nitrogen functional groups attached to an aromatic ring is 1. The molecular formula is C23H23N5O4. The Morgan fingerprint density at radius 1 is 1.12 bits per heavy atom. The van der Waals surface area contributed by atoms with Crippen LogP contribution < -0.4 is 26.6 Å². The number of hydrogen-bond acceptors (Lipinski definition) is 7. The minimum atomic E-state index is -0.559. The van der Waals surface area contributed by atoms with Crippen LogP contribution in [0.5, 0.6) is 5.75 Å². The molecule has 164 valence electrons. The first-order valence-corrected chi connectivity index (χ1v) is 9.92. The highest BCUT2D eigenvalue weighted by Crippen LogP contribution is 2.23. The number of hydrogen-bond donors (Lipinski definition) is 2. The standard InChI is InChI=1S/C23H23N5O4/c1-27(13-17-14-32-22(25-17)16-8-10-18(31-2)11-9-16)19-20(24)28(23(30)26-21(19)29)12-15-6-4-3-5-7-15/h3-11,14H,12-13,24H2,1-2H3,(H,26,29,30). The molecule has 9 heteroatoms. The number of nitrogens with one attached hydrogen (secondary N) is 1. The monoisotopic (exact) mass is 433 g/mol. The molecule has 0 aliphatic carbocycles. The number of benzene rings is 2. The summed E-state index contributed by atoms with van der Waals surface area (Å²) in [4.78, 5) is 33.4. The lowest BCUT2D eigenvalue weighted by molar-refractivity contribution is 0.415. The molecule has 0 saturated heterocycles. The Hall–Kier alpha value is -4.27. The van der Waals surface area contributed by atoms with Crippen LogP contribution in [0.4, 0.5) is 11.5 Å². The molecule has 0 aliphatic rings. The molecule has 3 N–H and O–H groups in total. The fourth-order valence-corrected chi connectivity index (χ4v) is 3.44. The number of anilines is 2. The van der Waals surface area contributed by atoms with E-state index in [0.717, 1.165) is 16.9 Å². The summed E-state index contributed by atoms with van der Waals surface area (Å²) in [5.41, 5.74) is 7.63. The van der Waals surface area contributed by atoms with Gasteiger partial charge in [0.15, 0.2) is 0 Å². The molecule has 0 amide bonds. The quantitative estimate of drug-likeness (QED) is 0.459. The van der Waals surface area contributed by atoms with Gasteiger partial charge < -0.3 is 19.8 Å². The van der Waals surface area contributed by atoms with Crippen molar-refractivity contribution >= 4 is 11.5 Å². The number of oxazole rings is 1. The number of nitrogens with two attached hydrogens (primary N) is 1. The van der Waals surface area contributed by atoms with E-state index in [-0.39, 0.29) is 24.6 Å². The van der Waals surface area contributed by atoms with Crippen molar-refractivity contribution in [1.29, 1.82) is 0 Å². The average molecular weight is 433 g/mol. The first kappa shape index (κ1) is 21.0. The normalized spacial score (nSPS) is 10.8. The summed E-state index contributed by atoms with van der Waals surface area (Å²) in [6, 6.07) is 16.7. The summed E-state index contributed by atoms with van der Waals surface area (Å²) >= 11 is 0. The Kier molecular flexibility index (Phi) is 5.80. The summed E-state index contributed by atoms with van der Waals surface area (Å²) in [5, 5.41) is 0. The summed E-state index contributed by atoms with van der Waals surface area (Å²) in [7, 11) is 3.31. The third-order valence-electron chi connectivity index (χ3n) is 5.07. The first-order chi connectivity index (χ1) is 15.5. The van der Waals surface area contributed by atoms with Gasteiger partial charge in [-0.1, -0.05) is 30.3 Å². The molecule has 0 spiro atoms. The van der Waals surface area contributed by atoms with E-state index in [1.54, 1.807) is 19.1 Å². The molecule has 4 rings (SSSR count). The van der Waals surface area contributed by atoms with Gasteiger partial charge in [-0.05, 0) is 29.8 Å². The van der Waals surface area contributed by atoms with Crippen LogP contribution in [-0.2, 0) is 13.1 Å². The molecule has 0 saturated carbocycles. The van der Waals surface area contributed by atoms with Crippen LogP contribution in [0.1, 0.15) is 11.3 Å². The predicted molar refractivity (Wildman–Crippen MR) is 122 cm³/mol. The average Bonchev–Trinajstić information content (AvgIpc) is 3.25. The van der Waals surface area contributed by atoms with Crippen molar-refractivity contribution < 1.29 is 9.15 Å². The van der Waals surface area contributed by atoms with Crippen LogP contribution in [0.2, 0.25) is 0 Å². The van der Waals surface area contributed by atoms with Crippen LogP contribution in [0.3, 0.4) is 0 Å². The van der Waals surface area contributed by atoms with Crippen LogP contribution in [0.25, 0.3) is 11.5 Å². The largest absolute Gasteiger partial charge is 0.497 e. The van der Waals surface area contributed by atoms with Crippen LogP contribution >= 0.6 is 0 Å². The third kappa shape index (κ3) is 4.27. The molecule has 0 bridgehead atoms. The molecule has 2 heterocycles. The Balaban J connectivity index is 1.59. The molecular weight excluding hydrogens is 410 g/mol. The van der Waals surface area contributed by atoms with Crippen LogP contribution in [0.15, 0.2) is 74.9 Å². The zero-order valence-electron chi connectivity index (χ0n) is 17.7. The number of aromatic nitrogens is 3. The van der Waals surface area contributed by atoms with Crippen LogP contribution in [0, 0.1) is 0 Å². The lowest BCUT2D eigenvalue weighted by Crippen LogP contribution is -2.37. The maximum absolute atomic E-state index is 12.5.